The molecule has 0 aliphatic heterocycles. The fraction of sp³-hybridized carbons (Fsp3) is 0.333. The number of hydrogen-bond acceptors (Lipinski definition) is 3. The highest BCUT2D eigenvalue weighted by Gasteiger charge is 2.23. The van der Waals surface area contributed by atoms with Crippen molar-refractivity contribution in [3.05, 3.63) is 73.8 Å². The first-order valence-electron chi connectivity index (χ1n) is 11.3. The molecule has 0 amide bonds. The fourth-order valence-corrected chi connectivity index (χ4v) is 6.08. The molecule has 0 unspecified atom stereocenters. The Morgan fingerprint density at radius 2 is 1.66 bits per heavy atom. The largest absolute Gasteiger partial charge is 0.481 e. The molecule has 8 heteroatoms. The number of aromatic nitrogens is 1. The van der Waals surface area contributed by atoms with Crippen LogP contribution in [0.1, 0.15) is 50.5 Å². The van der Waals surface area contributed by atoms with E-state index in [9.17, 15) is 18.3 Å². The van der Waals surface area contributed by atoms with Crippen molar-refractivity contribution < 1.29 is 18.3 Å². The molecule has 3 aromatic rings. The molecule has 2 aromatic carbocycles. The number of sulfonamides is 1. The average Bonchev–Trinajstić information content (AvgIpc) is 3.11. The van der Waals surface area contributed by atoms with Crippen LogP contribution < -0.4 is 4.72 Å². The first-order valence-corrected chi connectivity index (χ1v) is 13.2. The lowest BCUT2D eigenvalue weighted by Gasteiger charge is -2.20. The summed E-state index contributed by atoms with van der Waals surface area (Å²) in [7, 11) is -3.84. The Morgan fingerprint density at radius 1 is 1.00 bits per heavy atom. The summed E-state index contributed by atoms with van der Waals surface area (Å²) in [5.41, 5.74) is 2.57. The summed E-state index contributed by atoms with van der Waals surface area (Å²) >= 11 is 6.31. The monoisotopic (exact) mass is 515 g/mol. The van der Waals surface area contributed by atoms with E-state index in [0.29, 0.717) is 23.4 Å². The quantitative estimate of drug-likeness (QED) is 0.340. The summed E-state index contributed by atoms with van der Waals surface area (Å²) in [5.74, 6) is 0.269. The number of carboxylic acid groups (broad SMARTS) is 1. The molecule has 1 saturated carbocycles. The van der Waals surface area contributed by atoms with Crippen molar-refractivity contribution in [3.63, 3.8) is 0 Å². The Balaban J connectivity index is 0.00000216. The summed E-state index contributed by atoms with van der Waals surface area (Å²) in [6.45, 7) is 0.319. The van der Waals surface area contributed by atoms with E-state index in [-0.39, 0.29) is 31.2 Å². The minimum atomic E-state index is -3.84. The molecule has 1 aromatic heterocycles. The Kier molecular flexibility index (Phi) is 10.4. The highest BCUT2D eigenvalue weighted by atomic mass is 35.5. The molecule has 5 radical (unpaired) electrons. The van der Waals surface area contributed by atoms with E-state index in [2.05, 4.69) is 9.71 Å². The van der Waals surface area contributed by atoms with Gasteiger partial charge in [0.15, 0.2) is 0 Å². The van der Waals surface area contributed by atoms with E-state index >= 15 is 0 Å². The van der Waals surface area contributed by atoms with Crippen LogP contribution in [0.5, 0.6) is 0 Å². The SMILES string of the molecule is O=C(O)Cc1c(-c2ccc(Cl)c(S(=O)(=O)NC[C]3CCCCCCC3)c2)[nH]c2ccccc12.[CH2].[CH2]. The number of halogens is 1. The summed E-state index contributed by atoms with van der Waals surface area (Å²) in [5, 5.41) is 10.4. The Labute approximate surface area is 214 Å². The van der Waals surface area contributed by atoms with Gasteiger partial charge in [0.2, 0.25) is 10.0 Å². The fourth-order valence-electron chi connectivity index (χ4n) is 4.50. The number of para-hydroxylation sites is 1. The van der Waals surface area contributed by atoms with Gasteiger partial charge in [0, 0.05) is 17.4 Å². The molecule has 1 aliphatic carbocycles. The molecule has 0 bridgehead atoms. The highest BCUT2D eigenvalue weighted by molar-refractivity contribution is 7.89. The average molecular weight is 516 g/mol. The minimum Gasteiger partial charge on any atom is -0.481 e. The van der Waals surface area contributed by atoms with Crippen molar-refractivity contribution in [2.45, 2.75) is 56.3 Å². The molecule has 0 atom stereocenters. The van der Waals surface area contributed by atoms with Crippen molar-refractivity contribution >= 4 is 38.5 Å². The third kappa shape index (κ3) is 6.87. The van der Waals surface area contributed by atoms with E-state index in [1.165, 1.54) is 31.2 Å². The second-order valence-electron chi connectivity index (χ2n) is 8.58. The first-order chi connectivity index (χ1) is 15.8. The third-order valence-electron chi connectivity index (χ3n) is 6.22. The predicted molar refractivity (Wildman–Crippen MR) is 142 cm³/mol. The lowest BCUT2D eigenvalue weighted by Crippen LogP contribution is -2.29. The van der Waals surface area contributed by atoms with Crippen molar-refractivity contribution in [1.82, 2.24) is 9.71 Å². The van der Waals surface area contributed by atoms with Gasteiger partial charge in [-0.05, 0) is 48.1 Å². The van der Waals surface area contributed by atoms with Crippen molar-refractivity contribution in [2.75, 3.05) is 6.54 Å². The lowest BCUT2D eigenvalue weighted by atomic mass is 9.91. The highest BCUT2D eigenvalue weighted by Crippen LogP contribution is 2.34. The van der Waals surface area contributed by atoms with Crippen LogP contribution in [0.4, 0.5) is 0 Å². The van der Waals surface area contributed by atoms with Gasteiger partial charge in [-0.3, -0.25) is 4.79 Å². The van der Waals surface area contributed by atoms with E-state index < -0.39 is 16.0 Å². The van der Waals surface area contributed by atoms with Crippen LogP contribution in [-0.4, -0.2) is 31.0 Å². The van der Waals surface area contributed by atoms with Crippen molar-refractivity contribution in [2.24, 2.45) is 0 Å². The molecule has 4 rings (SSSR count). The van der Waals surface area contributed by atoms with E-state index in [4.69, 9.17) is 11.6 Å². The molecular formula is C27H32ClN2O4S. The van der Waals surface area contributed by atoms with E-state index in [1.807, 2.05) is 24.3 Å². The molecule has 1 fully saturated rings. The van der Waals surface area contributed by atoms with E-state index in [1.54, 1.807) is 12.1 Å². The zero-order valence-corrected chi connectivity index (χ0v) is 21.4. The van der Waals surface area contributed by atoms with Crippen LogP contribution in [0.25, 0.3) is 22.2 Å². The first kappa shape index (κ1) is 28.9. The summed E-state index contributed by atoms with van der Waals surface area (Å²) in [6, 6.07) is 12.2. The molecule has 1 heterocycles. The molecule has 1 aliphatic rings. The minimum absolute atomic E-state index is 0. The number of benzene rings is 2. The Morgan fingerprint density at radius 3 is 2.34 bits per heavy atom. The molecular weight excluding hydrogens is 484 g/mol. The van der Waals surface area contributed by atoms with Crippen LogP contribution in [0, 0.1) is 20.8 Å². The molecule has 187 valence electrons. The number of carbonyl (C=O) groups is 1. The number of aliphatic carboxylic acids is 1. The number of aromatic amines is 1. The maximum absolute atomic E-state index is 13.2. The van der Waals surface area contributed by atoms with Gasteiger partial charge in [-0.15, -0.1) is 0 Å². The Bertz CT molecular complexity index is 1250. The third-order valence-corrected chi connectivity index (χ3v) is 8.11. The van der Waals surface area contributed by atoms with Crippen molar-refractivity contribution in [1.29, 1.82) is 0 Å². The van der Waals surface area contributed by atoms with Gasteiger partial charge in [0.1, 0.15) is 4.90 Å². The van der Waals surface area contributed by atoms with Gasteiger partial charge in [-0.25, -0.2) is 13.1 Å². The van der Waals surface area contributed by atoms with Crippen LogP contribution in [0.15, 0.2) is 47.4 Å². The smallest absolute Gasteiger partial charge is 0.307 e. The topological polar surface area (TPSA) is 99.3 Å². The van der Waals surface area contributed by atoms with Crippen LogP contribution in [0.3, 0.4) is 0 Å². The number of rotatable bonds is 7. The van der Waals surface area contributed by atoms with E-state index in [0.717, 1.165) is 36.6 Å². The second-order valence-corrected chi connectivity index (χ2v) is 10.7. The molecule has 0 saturated heterocycles. The number of nitrogens with one attached hydrogen (secondary N) is 2. The van der Waals surface area contributed by atoms with Gasteiger partial charge in [-0.1, -0.05) is 82.8 Å². The normalized spacial score (nSPS) is 15.0. The van der Waals surface area contributed by atoms with Gasteiger partial charge in [0.25, 0.3) is 0 Å². The number of carboxylic acids is 1. The van der Waals surface area contributed by atoms with Gasteiger partial charge in [0.05, 0.1) is 17.1 Å². The summed E-state index contributed by atoms with van der Waals surface area (Å²) in [6.07, 6.45) is 7.54. The molecule has 3 N–H and O–H groups in total. The summed E-state index contributed by atoms with van der Waals surface area (Å²) in [4.78, 5) is 14.8. The maximum Gasteiger partial charge on any atom is 0.307 e. The molecule has 6 nitrogen and oxygen atoms in total. The lowest BCUT2D eigenvalue weighted by molar-refractivity contribution is -0.136. The van der Waals surface area contributed by atoms with Gasteiger partial charge < -0.3 is 10.1 Å². The maximum atomic E-state index is 13.2. The predicted octanol–water partition coefficient (Wildman–Crippen LogP) is 6.37. The number of hydrogen-bond donors (Lipinski definition) is 3. The van der Waals surface area contributed by atoms with Crippen molar-refractivity contribution in [3.8, 4) is 11.3 Å². The number of fused-ring (bicyclic) bond motifs is 1. The van der Waals surface area contributed by atoms with Crippen LogP contribution >= 0.6 is 11.6 Å². The Hall–Kier alpha value is -2.35. The van der Waals surface area contributed by atoms with Gasteiger partial charge >= 0.3 is 5.97 Å². The zero-order chi connectivity index (χ0) is 23.4. The van der Waals surface area contributed by atoms with Crippen LogP contribution in [-0.2, 0) is 21.2 Å². The number of H-pyrrole nitrogens is 1. The second kappa shape index (κ2) is 12.6. The van der Waals surface area contributed by atoms with Gasteiger partial charge in [-0.2, -0.15) is 0 Å². The van der Waals surface area contributed by atoms with Crippen LogP contribution in [0.2, 0.25) is 5.02 Å². The summed E-state index contributed by atoms with van der Waals surface area (Å²) < 4.78 is 29.0. The zero-order valence-electron chi connectivity index (χ0n) is 19.8. The standard InChI is InChI=1S/C25H28ClN2O4S.2CH2/c26-21-13-12-18(25-20(15-24(29)30)19-10-6-7-11-22(19)28-25)14-23(21)33(31,32)27-16-17-8-4-2-1-3-5-9-17;;/h6-7,10-14,27-28H,1-5,8-9,15-16H2,(H,29,30);2*1H2. The molecule has 0 spiro atoms. The molecule has 35 heavy (non-hydrogen) atoms.